The molecule has 3 unspecified atom stereocenters. The SMILES string of the molecule is CC(Cc1ccccc1)P(=O)(O)CC(CCC(=O)O)C(=O)O. The van der Waals surface area contributed by atoms with Gasteiger partial charge in [-0.2, -0.15) is 0 Å². The number of hydrogen-bond acceptors (Lipinski definition) is 3. The lowest BCUT2D eigenvalue weighted by molar-refractivity contribution is -0.142. The quantitative estimate of drug-likeness (QED) is 0.600. The highest BCUT2D eigenvalue weighted by Gasteiger charge is 2.33. The minimum Gasteiger partial charge on any atom is -0.481 e. The van der Waals surface area contributed by atoms with Crippen molar-refractivity contribution in [1.82, 2.24) is 0 Å². The van der Waals surface area contributed by atoms with Gasteiger partial charge in [0.25, 0.3) is 0 Å². The molecule has 0 fully saturated rings. The maximum Gasteiger partial charge on any atom is 0.307 e. The molecule has 0 aliphatic carbocycles. The highest BCUT2D eigenvalue weighted by molar-refractivity contribution is 7.58. The molecule has 7 heteroatoms. The van der Waals surface area contributed by atoms with Gasteiger partial charge < -0.3 is 15.1 Å². The van der Waals surface area contributed by atoms with Crippen molar-refractivity contribution in [1.29, 1.82) is 0 Å². The Morgan fingerprint density at radius 2 is 1.77 bits per heavy atom. The highest BCUT2D eigenvalue weighted by atomic mass is 31.2. The van der Waals surface area contributed by atoms with Crippen molar-refractivity contribution in [3.05, 3.63) is 35.9 Å². The fourth-order valence-corrected chi connectivity index (χ4v) is 4.01. The number of hydrogen-bond donors (Lipinski definition) is 3. The van der Waals surface area contributed by atoms with Crippen LogP contribution < -0.4 is 0 Å². The summed E-state index contributed by atoms with van der Waals surface area (Å²) in [6.45, 7) is 1.61. The Morgan fingerprint density at radius 3 is 2.27 bits per heavy atom. The second-order valence-electron chi connectivity index (χ2n) is 5.44. The van der Waals surface area contributed by atoms with Crippen molar-refractivity contribution in [3.8, 4) is 0 Å². The van der Waals surface area contributed by atoms with Crippen LogP contribution in [-0.2, 0) is 20.6 Å². The lowest BCUT2D eigenvalue weighted by Gasteiger charge is -2.22. The van der Waals surface area contributed by atoms with Gasteiger partial charge in [0.15, 0.2) is 0 Å². The molecule has 0 radical (unpaired) electrons. The Balaban J connectivity index is 2.71. The molecule has 0 spiro atoms. The van der Waals surface area contributed by atoms with E-state index in [0.29, 0.717) is 6.42 Å². The molecular weight excluding hydrogens is 307 g/mol. The molecule has 1 rings (SSSR count). The summed E-state index contributed by atoms with van der Waals surface area (Å²) in [7, 11) is -3.69. The van der Waals surface area contributed by atoms with E-state index in [9.17, 15) is 19.0 Å². The van der Waals surface area contributed by atoms with E-state index >= 15 is 0 Å². The van der Waals surface area contributed by atoms with Gasteiger partial charge in [-0.15, -0.1) is 0 Å². The zero-order chi connectivity index (χ0) is 16.8. The summed E-state index contributed by atoms with van der Waals surface area (Å²) in [5.74, 6) is -3.47. The monoisotopic (exact) mass is 328 g/mol. The number of aliphatic carboxylic acids is 2. The number of carbonyl (C=O) groups is 2. The van der Waals surface area contributed by atoms with Gasteiger partial charge in [0, 0.05) is 18.2 Å². The minimum atomic E-state index is -3.69. The molecule has 22 heavy (non-hydrogen) atoms. The van der Waals surface area contributed by atoms with Gasteiger partial charge in [-0.3, -0.25) is 14.2 Å². The van der Waals surface area contributed by atoms with Crippen LogP contribution in [0.3, 0.4) is 0 Å². The van der Waals surface area contributed by atoms with Gasteiger partial charge >= 0.3 is 11.9 Å². The van der Waals surface area contributed by atoms with E-state index in [4.69, 9.17) is 10.2 Å². The molecule has 1 aromatic carbocycles. The van der Waals surface area contributed by atoms with E-state index in [2.05, 4.69) is 0 Å². The summed E-state index contributed by atoms with van der Waals surface area (Å²) < 4.78 is 12.4. The predicted molar refractivity (Wildman–Crippen MR) is 82.3 cm³/mol. The van der Waals surface area contributed by atoms with Crippen LogP contribution in [0.4, 0.5) is 0 Å². The fourth-order valence-electron chi connectivity index (χ4n) is 2.18. The molecule has 122 valence electrons. The first-order chi connectivity index (χ1) is 10.2. The van der Waals surface area contributed by atoms with Gasteiger partial charge in [-0.1, -0.05) is 37.3 Å². The first kappa shape index (κ1) is 18.4. The summed E-state index contributed by atoms with van der Waals surface area (Å²) in [6, 6.07) is 9.19. The molecular formula is C15H21O6P. The lowest BCUT2D eigenvalue weighted by atomic mass is 10.1. The maximum absolute atomic E-state index is 12.4. The first-order valence-corrected chi connectivity index (χ1v) is 8.94. The summed E-state index contributed by atoms with van der Waals surface area (Å²) in [5, 5.41) is 17.7. The molecule has 1 aromatic rings. The van der Waals surface area contributed by atoms with E-state index in [0.717, 1.165) is 5.56 Å². The fraction of sp³-hybridized carbons (Fsp3) is 0.467. The molecule has 0 bridgehead atoms. The third kappa shape index (κ3) is 6.00. The molecule has 3 atom stereocenters. The molecule has 0 aliphatic heterocycles. The molecule has 3 N–H and O–H groups in total. The maximum atomic E-state index is 12.4. The van der Waals surface area contributed by atoms with Crippen LogP contribution in [0.2, 0.25) is 0 Å². The molecule has 0 amide bonds. The average molecular weight is 328 g/mol. The smallest absolute Gasteiger partial charge is 0.307 e. The Hall–Kier alpha value is -1.65. The van der Waals surface area contributed by atoms with Crippen LogP contribution in [0, 0.1) is 5.92 Å². The zero-order valence-corrected chi connectivity index (χ0v) is 13.3. The van der Waals surface area contributed by atoms with Crippen molar-refractivity contribution in [2.75, 3.05) is 6.16 Å². The zero-order valence-electron chi connectivity index (χ0n) is 12.4. The van der Waals surface area contributed by atoms with Gasteiger partial charge in [-0.05, 0) is 18.4 Å². The molecule has 0 saturated heterocycles. The van der Waals surface area contributed by atoms with Crippen LogP contribution in [0.15, 0.2) is 30.3 Å². The second kappa shape index (κ2) is 8.11. The summed E-state index contributed by atoms with van der Waals surface area (Å²) in [5.41, 5.74) is 0.322. The van der Waals surface area contributed by atoms with Crippen molar-refractivity contribution in [3.63, 3.8) is 0 Å². The van der Waals surface area contributed by atoms with Crippen LogP contribution in [0.1, 0.15) is 25.3 Å². The normalized spacial score (nSPS) is 16.5. The summed E-state index contributed by atoms with van der Waals surface area (Å²) in [6.07, 6.45) is -0.499. The number of rotatable bonds is 9. The van der Waals surface area contributed by atoms with Crippen LogP contribution in [0.5, 0.6) is 0 Å². The van der Waals surface area contributed by atoms with Crippen LogP contribution in [-0.4, -0.2) is 38.9 Å². The van der Waals surface area contributed by atoms with Crippen molar-refractivity contribution < 1.29 is 29.3 Å². The third-order valence-corrected chi connectivity index (χ3v) is 6.12. The molecule has 0 heterocycles. The standard InChI is InChI=1S/C15H21O6P/c1-11(9-12-5-3-2-4-6-12)22(20,21)10-13(15(18)19)7-8-14(16)17/h2-6,11,13H,7-10H2,1H3,(H,16,17)(H,18,19)(H,20,21). The molecule has 0 aromatic heterocycles. The Labute approximate surface area is 129 Å². The lowest BCUT2D eigenvalue weighted by Crippen LogP contribution is -2.22. The van der Waals surface area contributed by atoms with Gasteiger partial charge in [-0.25, -0.2) is 0 Å². The van der Waals surface area contributed by atoms with E-state index < -0.39 is 37.0 Å². The Kier molecular flexibility index (Phi) is 6.78. The van der Waals surface area contributed by atoms with E-state index in [1.54, 1.807) is 6.92 Å². The van der Waals surface area contributed by atoms with Crippen LogP contribution in [0.25, 0.3) is 0 Å². The molecule has 6 nitrogen and oxygen atoms in total. The Morgan fingerprint density at radius 1 is 1.18 bits per heavy atom. The third-order valence-electron chi connectivity index (χ3n) is 3.60. The first-order valence-electron chi connectivity index (χ1n) is 7.02. The van der Waals surface area contributed by atoms with Crippen molar-refractivity contribution in [2.24, 2.45) is 5.92 Å². The van der Waals surface area contributed by atoms with E-state index in [-0.39, 0.29) is 12.8 Å². The predicted octanol–water partition coefficient (Wildman–Crippen LogP) is 2.45. The summed E-state index contributed by atoms with van der Waals surface area (Å²) in [4.78, 5) is 31.9. The van der Waals surface area contributed by atoms with Gasteiger partial charge in [0.2, 0.25) is 7.37 Å². The highest BCUT2D eigenvalue weighted by Crippen LogP contribution is 2.49. The topological polar surface area (TPSA) is 112 Å². The number of carboxylic acid groups (broad SMARTS) is 2. The van der Waals surface area contributed by atoms with Gasteiger partial charge in [0.1, 0.15) is 0 Å². The van der Waals surface area contributed by atoms with E-state index in [1.165, 1.54) is 0 Å². The van der Waals surface area contributed by atoms with Crippen molar-refractivity contribution in [2.45, 2.75) is 31.8 Å². The van der Waals surface area contributed by atoms with Crippen LogP contribution >= 0.6 is 7.37 Å². The Bertz CT molecular complexity index is 556. The average Bonchev–Trinajstić information content (AvgIpc) is 2.44. The van der Waals surface area contributed by atoms with Crippen molar-refractivity contribution >= 4 is 19.3 Å². The molecule has 0 aliphatic rings. The second-order valence-corrected chi connectivity index (χ2v) is 8.20. The summed E-state index contributed by atoms with van der Waals surface area (Å²) >= 11 is 0. The minimum absolute atomic E-state index is 0.146. The van der Waals surface area contributed by atoms with Gasteiger partial charge in [0.05, 0.1) is 5.92 Å². The largest absolute Gasteiger partial charge is 0.481 e. The molecule has 0 saturated carbocycles. The number of benzene rings is 1. The van der Waals surface area contributed by atoms with E-state index in [1.807, 2.05) is 30.3 Å². The number of carboxylic acids is 2.